The predicted octanol–water partition coefficient (Wildman–Crippen LogP) is 3.48. The minimum absolute atomic E-state index is 0.00122. The van der Waals surface area contributed by atoms with Gasteiger partial charge in [0.25, 0.3) is 5.69 Å². The van der Waals surface area contributed by atoms with Gasteiger partial charge in [0.05, 0.1) is 23.2 Å². The van der Waals surface area contributed by atoms with Gasteiger partial charge >= 0.3 is 5.97 Å². The van der Waals surface area contributed by atoms with E-state index < -0.39 is 10.9 Å². The van der Waals surface area contributed by atoms with Crippen LogP contribution in [0.25, 0.3) is 0 Å². The van der Waals surface area contributed by atoms with E-state index in [1.807, 2.05) is 0 Å². The van der Waals surface area contributed by atoms with Gasteiger partial charge in [-0.1, -0.05) is 6.07 Å². The summed E-state index contributed by atoms with van der Waals surface area (Å²) >= 11 is 0. The fourth-order valence-electron chi connectivity index (χ4n) is 1.82. The van der Waals surface area contributed by atoms with Crippen molar-refractivity contribution in [2.45, 2.75) is 6.92 Å². The number of hydrogen-bond acceptors (Lipinski definition) is 5. The zero-order chi connectivity index (χ0) is 15.4. The lowest BCUT2D eigenvalue weighted by Gasteiger charge is -2.09. The third kappa shape index (κ3) is 3.17. The molecule has 0 aromatic heterocycles. The van der Waals surface area contributed by atoms with Gasteiger partial charge in [0, 0.05) is 6.07 Å². The Labute approximate surface area is 121 Å². The quantitative estimate of drug-likeness (QED) is 0.488. The highest BCUT2D eigenvalue weighted by Gasteiger charge is 2.14. The van der Waals surface area contributed by atoms with Crippen molar-refractivity contribution in [2.75, 3.05) is 7.11 Å². The van der Waals surface area contributed by atoms with E-state index in [-0.39, 0.29) is 5.69 Å². The van der Waals surface area contributed by atoms with E-state index in [1.165, 1.54) is 13.2 Å². The van der Waals surface area contributed by atoms with Gasteiger partial charge in [0.1, 0.15) is 11.5 Å². The molecule has 0 bridgehead atoms. The molecule has 0 fully saturated rings. The number of esters is 1. The van der Waals surface area contributed by atoms with Crippen LogP contribution in [0.2, 0.25) is 0 Å². The molecular formula is C15H13NO5. The molecule has 0 spiro atoms. The summed E-state index contributed by atoms with van der Waals surface area (Å²) in [6.07, 6.45) is 0. The maximum Gasteiger partial charge on any atom is 0.337 e. The van der Waals surface area contributed by atoms with Gasteiger partial charge in [-0.25, -0.2) is 4.79 Å². The SMILES string of the molecule is COC(=O)c1ccc(Oc2cccc([N+](=O)[O-])c2C)cc1. The smallest absolute Gasteiger partial charge is 0.337 e. The molecule has 0 radical (unpaired) electrons. The monoisotopic (exact) mass is 287 g/mol. The van der Waals surface area contributed by atoms with Crippen molar-refractivity contribution < 1.29 is 19.2 Å². The molecule has 0 saturated heterocycles. The van der Waals surface area contributed by atoms with E-state index in [0.717, 1.165) is 0 Å². The van der Waals surface area contributed by atoms with Gasteiger partial charge < -0.3 is 9.47 Å². The molecule has 2 aromatic rings. The number of nitrogens with zero attached hydrogens (tertiary/aromatic N) is 1. The first-order valence-corrected chi connectivity index (χ1v) is 6.13. The number of ether oxygens (including phenoxy) is 2. The molecule has 0 atom stereocenters. The second kappa shape index (κ2) is 6.04. The molecule has 0 unspecified atom stereocenters. The number of nitro groups is 1. The highest BCUT2D eigenvalue weighted by atomic mass is 16.6. The van der Waals surface area contributed by atoms with Gasteiger partial charge in [-0.2, -0.15) is 0 Å². The molecule has 0 aliphatic heterocycles. The average molecular weight is 287 g/mol. The maximum atomic E-state index is 11.3. The van der Waals surface area contributed by atoms with Crippen molar-refractivity contribution in [3.8, 4) is 11.5 Å². The summed E-state index contributed by atoms with van der Waals surface area (Å²) in [7, 11) is 1.30. The molecule has 6 nitrogen and oxygen atoms in total. The molecule has 2 rings (SSSR count). The zero-order valence-electron chi connectivity index (χ0n) is 11.5. The van der Waals surface area contributed by atoms with Crippen molar-refractivity contribution >= 4 is 11.7 Å². The number of carbonyl (C=O) groups excluding carboxylic acids is 1. The van der Waals surface area contributed by atoms with Crippen LogP contribution in [-0.2, 0) is 4.74 Å². The Balaban J connectivity index is 2.24. The topological polar surface area (TPSA) is 78.7 Å². The summed E-state index contributed by atoms with van der Waals surface area (Å²) in [6.45, 7) is 1.62. The van der Waals surface area contributed by atoms with Crippen LogP contribution in [0.3, 0.4) is 0 Å². The molecule has 0 N–H and O–H groups in total. The molecule has 0 amide bonds. The van der Waals surface area contributed by atoms with Crippen molar-refractivity contribution in [3.05, 3.63) is 63.7 Å². The predicted molar refractivity (Wildman–Crippen MR) is 75.7 cm³/mol. The first kappa shape index (κ1) is 14.5. The van der Waals surface area contributed by atoms with E-state index in [2.05, 4.69) is 4.74 Å². The summed E-state index contributed by atoms with van der Waals surface area (Å²) in [4.78, 5) is 21.7. The van der Waals surface area contributed by atoms with E-state index in [4.69, 9.17) is 4.74 Å². The number of carbonyl (C=O) groups is 1. The molecule has 0 saturated carbocycles. The Hall–Kier alpha value is -2.89. The summed E-state index contributed by atoms with van der Waals surface area (Å²) in [5.74, 6) is 0.439. The minimum Gasteiger partial charge on any atom is -0.465 e. The summed E-state index contributed by atoms with van der Waals surface area (Å²) in [5.41, 5.74) is 0.846. The van der Waals surface area contributed by atoms with Gasteiger partial charge in [-0.05, 0) is 37.3 Å². The Morgan fingerprint density at radius 1 is 1.14 bits per heavy atom. The zero-order valence-corrected chi connectivity index (χ0v) is 11.5. The largest absolute Gasteiger partial charge is 0.465 e. The summed E-state index contributed by atoms with van der Waals surface area (Å²) in [6, 6.07) is 11.0. The molecule has 0 aliphatic rings. The van der Waals surface area contributed by atoms with Crippen molar-refractivity contribution in [1.82, 2.24) is 0 Å². The molecular weight excluding hydrogens is 274 g/mol. The van der Waals surface area contributed by atoms with Crippen LogP contribution in [0.5, 0.6) is 11.5 Å². The molecule has 2 aromatic carbocycles. The Kier molecular flexibility index (Phi) is 4.18. The standard InChI is InChI=1S/C15H13NO5/c1-10-13(16(18)19)4-3-5-14(10)21-12-8-6-11(7-9-12)15(17)20-2/h3-9H,1-2H3. The van der Waals surface area contributed by atoms with Gasteiger partial charge in [0.15, 0.2) is 0 Å². The fourth-order valence-corrected chi connectivity index (χ4v) is 1.82. The molecule has 108 valence electrons. The van der Waals surface area contributed by atoms with Gasteiger partial charge in [-0.3, -0.25) is 10.1 Å². The van der Waals surface area contributed by atoms with Crippen LogP contribution in [0.4, 0.5) is 5.69 Å². The number of hydrogen-bond donors (Lipinski definition) is 0. The van der Waals surface area contributed by atoms with Crippen LogP contribution < -0.4 is 4.74 Å². The summed E-state index contributed by atoms with van der Waals surface area (Å²) in [5, 5.41) is 10.9. The fraction of sp³-hybridized carbons (Fsp3) is 0.133. The lowest BCUT2D eigenvalue weighted by Crippen LogP contribution is -2.00. The van der Waals surface area contributed by atoms with E-state index in [1.54, 1.807) is 43.3 Å². The lowest BCUT2D eigenvalue weighted by molar-refractivity contribution is -0.385. The molecule has 0 aliphatic carbocycles. The highest BCUT2D eigenvalue weighted by molar-refractivity contribution is 5.89. The van der Waals surface area contributed by atoms with Crippen LogP contribution in [0.1, 0.15) is 15.9 Å². The van der Waals surface area contributed by atoms with E-state index in [9.17, 15) is 14.9 Å². The maximum absolute atomic E-state index is 11.3. The number of benzene rings is 2. The van der Waals surface area contributed by atoms with E-state index in [0.29, 0.717) is 22.6 Å². The molecule has 0 heterocycles. The first-order valence-electron chi connectivity index (χ1n) is 6.13. The average Bonchev–Trinajstić information content (AvgIpc) is 2.49. The summed E-state index contributed by atoms with van der Waals surface area (Å²) < 4.78 is 10.2. The van der Waals surface area contributed by atoms with Crippen molar-refractivity contribution in [1.29, 1.82) is 0 Å². The second-order valence-corrected chi connectivity index (χ2v) is 4.28. The van der Waals surface area contributed by atoms with Gasteiger partial charge in [-0.15, -0.1) is 0 Å². The normalized spacial score (nSPS) is 10.0. The third-order valence-corrected chi connectivity index (χ3v) is 2.96. The first-order chi connectivity index (χ1) is 10.0. The number of methoxy groups -OCH3 is 1. The lowest BCUT2D eigenvalue weighted by atomic mass is 10.2. The Morgan fingerprint density at radius 3 is 2.38 bits per heavy atom. The number of nitro benzene ring substituents is 1. The molecule has 21 heavy (non-hydrogen) atoms. The molecule has 6 heteroatoms. The Bertz CT molecular complexity index is 679. The second-order valence-electron chi connectivity index (χ2n) is 4.28. The number of rotatable bonds is 4. The Morgan fingerprint density at radius 2 is 1.81 bits per heavy atom. The van der Waals surface area contributed by atoms with Gasteiger partial charge in [0.2, 0.25) is 0 Å². The van der Waals surface area contributed by atoms with Crippen LogP contribution in [0.15, 0.2) is 42.5 Å². The highest BCUT2D eigenvalue weighted by Crippen LogP contribution is 2.30. The third-order valence-electron chi connectivity index (χ3n) is 2.96. The van der Waals surface area contributed by atoms with Crippen molar-refractivity contribution in [3.63, 3.8) is 0 Å². The van der Waals surface area contributed by atoms with Crippen LogP contribution >= 0.6 is 0 Å². The van der Waals surface area contributed by atoms with Crippen LogP contribution in [0, 0.1) is 17.0 Å². The van der Waals surface area contributed by atoms with Crippen molar-refractivity contribution in [2.24, 2.45) is 0 Å². The minimum atomic E-state index is -0.456. The van der Waals surface area contributed by atoms with E-state index >= 15 is 0 Å². The van der Waals surface area contributed by atoms with Crippen LogP contribution in [-0.4, -0.2) is 18.0 Å².